The highest BCUT2D eigenvalue weighted by Gasteiger charge is 2.34. The summed E-state index contributed by atoms with van der Waals surface area (Å²) in [6, 6.07) is 16.8. The van der Waals surface area contributed by atoms with Crippen LogP contribution >= 0.6 is 11.6 Å². The molecule has 0 bridgehead atoms. The summed E-state index contributed by atoms with van der Waals surface area (Å²) in [6.07, 6.45) is 3.66. The molecule has 1 aromatic heterocycles. The Morgan fingerprint density at radius 2 is 1.97 bits per heavy atom. The van der Waals surface area contributed by atoms with Gasteiger partial charge in [0.25, 0.3) is 5.91 Å². The standard InChI is InChI=1S/C23H22ClNO4/c1-27-22-13-16(8-11-21(22)29-15-17-5-2-3-7-20(17)24)23(26)25(18-9-10-18)14-19-6-4-12-28-19/h2-8,11-13,18H,9-10,14-15H2,1H3. The van der Waals surface area contributed by atoms with Crippen LogP contribution in [-0.2, 0) is 13.2 Å². The molecular weight excluding hydrogens is 390 g/mol. The van der Waals surface area contributed by atoms with Crippen molar-refractivity contribution in [1.82, 2.24) is 4.90 Å². The van der Waals surface area contributed by atoms with Crippen LogP contribution in [0.2, 0.25) is 5.02 Å². The molecule has 1 aliphatic rings. The van der Waals surface area contributed by atoms with Gasteiger partial charge in [-0.2, -0.15) is 0 Å². The highest BCUT2D eigenvalue weighted by atomic mass is 35.5. The number of amides is 1. The van der Waals surface area contributed by atoms with Crippen LogP contribution in [0, 0.1) is 0 Å². The monoisotopic (exact) mass is 411 g/mol. The average molecular weight is 412 g/mol. The van der Waals surface area contributed by atoms with Crippen LogP contribution in [0.3, 0.4) is 0 Å². The number of carbonyl (C=O) groups excluding carboxylic acids is 1. The Bertz CT molecular complexity index is 982. The topological polar surface area (TPSA) is 51.9 Å². The van der Waals surface area contributed by atoms with Crippen molar-refractivity contribution >= 4 is 17.5 Å². The van der Waals surface area contributed by atoms with E-state index in [0.717, 1.165) is 24.2 Å². The molecule has 5 nitrogen and oxygen atoms in total. The lowest BCUT2D eigenvalue weighted by Crippen LogP contribution is -2.32. The van der Waals surface area contributed by atoms with Gasteiger partial charge in [0.15, 0.2) is 11.5 Å². The molecule has 0 spiro atoms. The third-order valence-corrected chi connectivity index (χ3v) is 5.28. The Balaban J connectivity index is 1.50. The van der Waals surface area contributed by atoms with Gasteiger partial charge in [0, 0.05) is 22.2 Å². The predicted molar refractivity (Wildman–Crippen MR) is 110 cm³/mol. The highest BCUT2D eigenvalue weighted by molar-refractivity contribution is 6.31. The number of hydrogen-bond acceptors (Lipinski definition) is 4. The second-order valence-electron chi connectivity index (χ2n) is 6.99. The van der Waals surface area contributed by atoms with Gasteiger partial charge in [-0.15, -0.1) is 0 Å². The van der Waals surface area contributed by atoms with E-state index in [4.69, 9.17) is 25.5 Å². The van der Waals surface area contributed by atoms with E-state index in [9.17, 15) is 4.79 Å². The number of halogens is 1. The van der Waals surface area contributed by atoms with E-state index < -0.39 is 0 Å². The van der Waals surface area contributed by atoms with Crippen molar-refractivity contribution in [3.8, 4) is 11.5 Å². The first-order valence-electron chi connectivity index (χ1n) is 9.53. The van der Waals surface area contributed by atoms with Crippen molar-refractivity contribution in [2.75, 3.05) is 7.11 Å². The third-order valence-electron chi connectivity index (χ3n) is 4.91. The molecule has 1 heterocycles. The Hall–Kier alpha value is -2.92. The summed E-state index contributed by atoms with van der Waals surface area (Å²) < 4.78 is 16.8. The van der Waals surface area contributed by atoms with E-state index in [0.29, 0.717) is 35.2 Å². The lowest BCUT2D eigenvalue weighted by molar-refractivity contribution is 0.0717. The van der Waals surface area contributed by atoms with Crippen molar-refractivity contribution in [3.63, 3.8) is 0 Å². The molecule has 150 valence electrons. The molecule has 3 aromatic rings. The number of furan rings is 1. The summed E-state index contributed by atoms with van der Waals surface area (Å²) in [4.78, 5) is 15.0. The van der Waals surface area contributed by atoms with Crippen LogP contribution in [0.4, 0.5) is 0 Å². The number of rotatable bonds is 8. The normalized spacial score (nSPS) is 13.2. The zero-order valence-corrected chi connectivity index (χ0v) is 16.9. The van der Waals surface area contributed by atoms with Gasteiger partial charge in [-0.1, -0.05) is 29.8 Å². The Morgan fingerprint density at radius 3 is 2.66 bits per heavy atom. The molecule has 1 aliphatic carbocycles. The fraction of sp³-hybridized carbons (Fsp3) is 0.261. The first kappa shape index (κ1) is 19.4. The fourth-order valence-corrected chi connectivity index (χ4v) is 3.37. The van der Waals surface area contributed by atoms with E-state index in [1.54, 1.807) is 31.6 Å². The molecule has 2 aromatic carbocycles. The Kier molecular flexibility index (Phi) is 5.76. The number of hydrogen-bond donors (Lipinski definition) is 0. The summed E-state index contributed by atoms with van der Waals surface area (Å²) in [7, 11) is 1.56. The van der Waals surface area contributed by atoms with Crippen LogP contribution in [0.1, 0.15) is 34.5 Å². The molecule has 0 atom stereocenters. The van der Waals surface area contributed by atoms with E-state index >= 15 is 0 Å². The van der Waals surface area contributed by atoms with Crippen molar-refractivity contribution in [3.05, 3.63) is 82.8 Å². The first-order chi connectivity index (χ1) is 14.2. The summed E-state index contributed by atoms with van der Waals surface area (Å²) in [5, 5.41) is 0.649. The fourth-order valence-electron chi connectivity index (χ4n) is 3.18. The van der Waals surface area contributed by atoms with Gasteiger partial charge >= 0.3 is 0 Å². The number of ether oxygens (including phenoxy) is 2. The van der Waals surface area contributed by atoms with Crippen LogP contribution in [0.25, 0.3) is 0 Å². The number of nitrogens with zero attached hydrogens (tertiary/aromatic N) is 1. The number of methoxy groups -OCH3 is 1. The minimum absolute atomic E-state index is 0.0418. The van der Waals surface area contributed by atoms with E-state index in [1.165, 1.54) is 0 Å². The van der Waals surface area contributed by atoms with Crippen molar-refractivity contribution in [2.45, 2.75) is 32.0 Å². The minimum atomic E-state index is -0.0418. The third kappa shape index (κ3) is 4.57. The molecular formula is C23H22ClNO4. The number of carbonyl (C=O) groups is 1. The van der Waals surface area contributed by atoms with E-state index in [2.05, 4.69) is 0 Å². The average Bonchev–Trinajstić information content (AvgIpc) is 3.46. The molecule has 29 heavy (non-hydrogen) atoms. The molecule has 4 rings (SSSR count). The summed E-state index contributed by atoms with van der Waals surface area (Å²) in [5.41, 5.74) is 1.44. The first-order valence-corrected chi connectivity index (χ1v) is 9.91. The molecule has 0 unspecified atom stereocenters. The van der Waals surface area contributed by atoms with Gasteiger partial charge in [-0.05, 0) is 49.2 Å². The second-order valence-corrected chi connectivity index (χ2v) is 7.40. The van der Waals surface area contributed by atoms with Crippen LogP contribution in [0.5, 0.6) is 11.5 Å². The van der Waals surface area contributed by atoms with Gasteiger partial charge in [0.05, 0.1) is 19.9 Å². The maximum Gasteiger partial charge on any atom is 0.254 e. The van der Waals surface area contributed by atoms with Crippen LogP contribution in [0.15, 0.2) is 65.3 Å². The van der Waals surface area contributed by atoms with E-state index in [1.807, 2.05) is 41.3 Å². The van der Waals surface area contributed by atoms with Gasteiger partial charge in [-0.25, -0.2) is 0 Å². The highest BCUT2D eigenvalue weighted by Crippen LogP contribution is 2.33. The summed E-state index contributed by atoms with van der Waals surface area (Å²) in [6.45, 7) is 0.777. The van der Waals surface area contributed by atoms with Crippen molar-refractivity contribution in [2.24, 2.45) is 0 Å². The molecule has 1 saturated carbocycles. The van der Waals surface area contributed by atoms with Crippen LogP contribution in [-0.4, -0.2) is 24.0 Å². The molecule has 0 aliphatic heterocycles. The van der Waals surface area contributed by atoms with Crippen molar-refractivity contribution in [1.29, 1.82) is 0 Å². The summed E-state index contributed by atoms with van der Waals surface area (Å²) in [5.74, 6) is 1.81. The zero-order chi connectivity index (χ0) is 20.2. The maximum absolute atomic E-state index is 13.1. The lowest BCUT2D eigenvalue weighted by Gasteiger charge is -2.22. The van der Waals surface area contributed by atoms with E-state index in [-0.39, 0.29) is 11.9 Å². The minimum Gasteiger partial charge on any atom is -0.493 e. The summed E-state index contributed by atoms with van der Waals surface area (Å²) >= 11 is 6.19. The van der Waals surface area contributed by atoms with Crippen molar-refractivity contribution < 1.29 is 18.7 Å². The maximum atomic E-state index is 13.1. The molecule has 0 N–H and O–H groups in total. The smallest absolute Gasteiger partial charge is 0.254 e. The molecule has 0 saturated heterocycles. The Morgan fingerprint density at radius 1 is 1.14 bits per heavy atom. The second kappa shape index (κ2) is 8.62. The lowest BCUT2D eigenvalue weighted by atomic mass is 10.1. The zero-order valence-electron chi connectivity index (χ0n) is 16.1. The van der Waals surface area contributed by atoms with Gasteiger partial charge < -0.3 is 18.8 Å². The predicted octanol–water partition coefficient (Wildman–Crippen LogP) is 5.33. The SMILES string of the molecule is COc1cc(C(=O)N(Cc2ccco2)C2CC2)ccc1OCc1ccccc1Cl. The van der Waals surface area contributed by atoms with Gasteiger partial charge in [0.2, 0.25) is 0 Å². The quantitative estimate of drug-likeness (QED) is 0.503. The Labute approximate surface area is 174 Å². The van der Waals surface area contributed by atoms with Gasteiger partial charge in [-0.3, -0.25) is 4.79 Å². The number of benzene rings is 2. The van der Waals surface area contributed by atoms with Gasteiger partial charge in [0.1, 0.15) is 12.4 Å². The molecule has 0 radical (unpaired) electrons. The molecule has 1 amide bonds. The largest absolute Gasteiger partial charge is 0.493 e. The molecule has 1 fully saturated rings. The van der Waals surface area contributed by atoms with Crippen LogP contribution < -0.4 is 9.47 Å². The molecule has 6 heteroatoms.